The monoisotopic (exact) mass is 260 g/mol. The van der Waals surface area contributed by atoms with Crippen LogP contribution in [0.2, 0.25) is 0 Å². The summed E-state index contributed by atoms with van der Waals surface area (Å²) >= 11 is 0. The molecule has 2 heteroatoms. The quantitative estimate of drug-likeness (QED) is 0.901. The SMILES string of the molecule is Cc1ccc(C(CN)CN2CC(C)CC(C)C2)cc1. The number of hydrogen-bond acceptors (Lipinski definition) is 2. The zero-order chi connectivity index (χ0) is 13.8. The van der Waals surface area contributed by atoms with Crippen LogP contribution in [-0.2, 0) is 0 Å². The third-order valence-electron chi connectivity index (χ3n) is 4.26. The van der Waals surface area contributed by atoms with Crippen molar-refractivity contribution in [3.05, 3.63) is 35.4 Å². The highest BCUT2D eigenvalue weighted by Crippen LogP contribution is 2.24. The predicted molar refractivity (Wildman–Crippen MR) is 82.4 cm³/mol. The molecule has 2 N–H and O–H groups in total. The minimum Gasteiger partial charge on any atom is -0.330 e. The summed E-state index contributed by atoms with van der Waals surface area (Å²) in [6.45, 7) is 11.2. The van der Waals surface area contributed by atoms with Gasteiger partial charge in [-0.25, -0.2) is 0 Å². The number of rotatable bonds is 4. The zero-order valence-electron chi connectivity index (χ0n) is 12.6. The lowest BCUT2D eigenvalue weighted by atomic mass is 9.90. The van der Waals surface area contributed by atoms with Gasteiger partial charge in [0.2, 0.25) is 0 Å². The molecule has 3 unspecified atom stereocenters. The number of nitrogens with zero attached hydrogens (tertiary/aromatic N) is 1. The molecule has 106 valence electrons. The third kappa shape index (κ3) is 4.05. The summed E-state index contributed by atoms with van der Waals surface area (Å²) in [5.41, 5.74) is 8.71. The summed E-state index contributed by atoms with van der Waals surface area (Å²) in [6.07, 6.45) is 1.37. The van der Waals surface area contributed by atoms with E-state index in [1.54, 1.807) is 0 Å². The Morgan fingerprint density at radius 3 is 2.26 bits per heavy atom. The van der Waals surface area contributed by atoms with Crippen LogP contribution < -0.4 is 5.73 Å². The van der Waals surface area contributed by atoms with Gasteiger partial charge in [0.15, 0.2) is 0 Å². The molecule has 1 aromatic carbocycles. The van der Waals surface area contributed by atoms with E-state index in [4.69, 9.17) is 5.73 Å². The first-order chi connectivity index (χ1) is 9.08. The topological polar surface area (TPSA) is 29.3 Å². The van der Waals surface area contributed by atoms with Gasteiger partial charge in [-0.15, -0.1) is 0 Å². The molecule has 2 nitrogen and oxygen atoms in total. The first-order valence-corrected chi connectivity index (χ1v) is 7.57. The van der Waals surface area contributed by atoms with Gasteiger partial charge in [0.25, 0.3) is 0 Å². The van der Waals surface area contributed by atoms with Crippen LogP contribution in [0.1, 0.15) is 37.3 Å². The van der Waals surface area contributed by atoms with Crippen molar-refractivity contribution in [1.82, 2.24) is 4.90 Å². The second kappa shape index (κ2) is 6.53. The minimum atomic E-state index is 0.470. The molecule has 1 aromatic rings. The van der Waals surface area contributed by atoms with E-state index >= 15 is 0 Å². The fourth-order valence-electron chi connectivity index (χ4n) is 3.41. The predicted octanol–water partition coefficient (Wildman–Crippen LogP) is 3.02. The lowest BCUT2D eigenvalue weighted by molar-refractivity contribution is 0.134. The largest absolute Gasteiger partial charge is 0.330 e. The molecule has 1 aliphatic heterocycles. The number of benzene rings is 1. The van der Waals surface area contributed by atoms with Gasteiger partial charge in [-0.1, -0.05) is 43.7 Å². The number of piperidine rings is 1. The Hall–Kier alpha value is -0.860. The summed E-state index contributed by atoms with van der Waals surface area (Å²) in [5.74, 6) is 2.11. The van der Waals surface area contributed by atoms with E-state index in [0.29, 0.717) is 5.92 Å². The van der Waals surface area contributed by atoms with Gasteiger partial charge in [-0.3, -0.25) is 0 Å². The molecule has 0 amide bonds. The van der Waals surface area contributed by atoms with Crippen molar-refractivity contribution in [2.45, 2.75) is 33.1 Å². The third-order valence-corrected chi connectivity index (χ3v) is 4.26. The number of nitrogens with two attached hydrogens (primary N) is 1. The van der Waals surface area contributed by atoms with E-state index in [0.717, 1.165) is 24.9 Å². The molecule has 0 radical (unpaired) electrons. The molecule has 0 aliphatic carbocycles. The molecule has 0 bridgehead atoms. The van der Waals surface area contributed by atoms with Crippen LogP contribution in [0.3, 0.4) is 0 Å². The first kappa shape index (κ1) is 14.5. The molecule has 0 saturated carbocycles. The van der Waals surface area contributed by atoms with Gasteiger partial charge in [0.05, 0.1) is 0 Å². The lowest BCUT2D eigenvalue weighted by Crippen LogP contribution is -2.41. The Bertz CT molecular complexity index is 375. The summed E-state index contributed by atoms with van der Waals surface area (Å²) < 4.78 is 0. The average molecular weight is 260 g/mol. The van der Waals surface area contributed by atoms with Crippen LogP contribution in [0.15, 0.2) is 24.3 Å². The molecule has 2 rings (SSSR count). The van der Waals surface area contributed by atoms with Crippen LogP contribution in [0.5, 0.6) is 0 Å². The van der Waals surface area contributed by atoms with Crippen molar-refractivity contribution in [3.8, 4) is 0 Å². The van der Waals surface area contributed by atoms with Gasteiger partial charge in [-0.05, 0) is 30.7 Å². The molecular weight excluding hydrogens is 232 g/mol. The maximum atomic E-state index is 6.00. The van der Waals surface area contributed by atoms with Crippen molar-refractivity contribution in [1.29, 1.82) is 0 Å². The summed E-state index contributed by atoms with van der Waals surface area (Å²) in [5, 5.41) is 0. The molecular formula is C17H28N2. The summed E-state index contributed by atoms with van der Waals surface area (Å²) in [6, 6.07) is 8.87. The van der Waals surface area contributed by atoms with Crippen LogP contribution in [-0.4, -0.2) is 31.1 Å². The Kier molecular flexibility index (Phi) is 5.00. The molecule has 0 spiro atoms. The maximum Gasteiger partial charge on any atom is 0.00888 e. The molecule has 1 aliphatic rings. The second-order valence-electron chi connectivity index (χ2n) is 6.51. The molecule has 1 saturated heterocycles. The van der Waals surface area contributed by atoms with Crippen LogP contribution in [0, 0.1) is 18.8 Å². The lowest BCUT2D eigenvalue weighted by Gasteiger charge is -2.37. The summed E-state index contributed by atoms with van der Waals surface area (Å²) in [7, 11) is 0. The Morgan fingerprint density at radius 1 is 1.16 bits per heavy atom. The smallest absolute Gasteiger partial charge is 0.00888 e. The number of aryl methyl sites for hydroxylation is 1. The highest BCUT2D eigenvalue weighted by Gasteiger charge is 2.24. The highest BCUT2D eigenvalue weighted by molar-refractivity contribution is 5.25. The molecule has 19 heavy (non-hydrogen) atoms. The second-order valence-corrected chi connectivity index (χ2v) is 6.51. The van der Waals surface area contributed by atoms with Gasteiger partial charge < -0.3 is 10.6 Å². The van der Waals surface area contributed by atoms with Gasteiger partial charge >= 0.3 is 0 Å². The van der Waals surface area contributed by atoms with Crippen LogP contribution in [0.4, 0.5) is 0 Å². The number of hydrogen-bond donors (Lipinski definition) is 1. The van der Waals surface area contributed by atoms with Gasteiger partial charge in [-0.2, -0.15) is 0 Å². The Labute approximate surface area is 118 Å². The van der Waals surface area contributed by atoms with Crippen molar-refractivity contribution in [3.63, 3.8) is 0 Å². The highest BCUT2D eigenvalue weighted by atomic mass is 15.1. The fourth-order valence-corrected chi connectivity index (χ4v) is 3.41. The van der Waals surface area contributed by atoms with E-state index < -0.39 is 0 Å². The van der Waals surface area contributed by atoms with E-state index in [1.165, 1.54) is 30.6 Å². The molecule has 0 aromatic heterocycles. The Morgan fingerprint density at radius 2 is 1.74 bits per heavy atom. The minimum absolute atomic E-state index is 0.470. The van der Waals surface area contributed by atoms with Gasteiger partial charge in [0.1, 0.15) is 0 Å². The average Bonchev–Trinajstić information content (AvgIpc) is 2.36. The van der Waals surface area contributed by atoms with Crippen molar-refractivity contribution < 1.29 is 0 Å². The van der Waals surface area contributed by atoms with Crippen molar-refractivity contribution in [2.75, 3.05) is 26.2 Å². The number of likely N-dealkylation sites (tertiary alicyclic amines) is 1. The first-order valence-electron chi connectivity index (χ1n) is 7.57. The van der Waals surface area contributed by atoms with Crippen molar-refractivity contribution >= 4 is 0 Å². The van der Waals surface area contributed by atoms with E-state index in [2.05, 4.69) is 49.9 Å². The molecule has 1 heterocycles. The molecule has 1 fully saturated rings. The maximum absolute atomic E-state index is 6.00. The Balaban J connectivity index is 2.00. The van der Waals surface area contributed by atoms with E-state index in [9.17, 15) is 0 Å². The molecule has 3 atom stereocenters. The zero-order valence-corrected chi connectivity index (χ0v) is 12.6. The van der Waals surface area contributed by atoms with E-state index in [1.807, 2.05) is 0 Å². The van der Waals surface area contributed by atoms with Crippen LogP contribution in [0.25, 0.3) is 0 Å². The van der Waals surface area contributed by atoms with Gasteiger partial charge in [0, 0.05) is 32.1 Å². The summed E-state index contributed by atoms with van der Waals surface area (Å²) in [4.78, 5) is 2.61. The van der Waals surface area contributed by atoms with Crippen molar-refractivity contribution in [2.24, 2.45) is 17.6 Å². The van der Waals surface area contributed by atoms with E-state index in [-0.39, 0.29) is 0 Å². The standard InChI is InChI=1S/C17H28N2/c1-13-4-6-16(7-5-13)17(9-18)12-19-10-14(2)8-15(3)11-19/h4-7,14-15,17H,8-12,18H2,1-3H3. The normalized spacial score (nSPS) is 26.3. The van der Waals surface area contributed by atoms with Crippen LogP contribution >= 0.6 is 0 Å². The fraction of sp³-hybridized carbons (Fsp3) is 0.647.